The van der Waals surface area contributed by atoms with Crippen LogP contribution in [0.3, 0.4) is 0 Å². The van der Waals surface area contributed by atoms with E-state index in [1.54, 1.807) is 11.8 Å². The Labute approximate surface area is 117 Å². The zero-order valence-corrected chi connectivity index (χ0v) is 12.3. The Morgan fingerprint density at radius 1 is 1.37 bits per heavy atom. The van der Waals surface area contributed by atoms with Gasteiger partial charge in [-0.25, -0.2) is 0 Å². The van der Waals surface area contributed by atoms with Crippen molar-refractivity contribution in [1.29, 1.82) is 0 Å². The molecule has 0 radical (unpaired) electrons. The van der Waals surface area contributed by atoms with Crippen LogP contribution in [0.1, 0.15) is 31.1 Å². The fourth-order valence-corrected chi connectivity index (χ4v) is 2.62. The van der Waals surface area contributed by atoms with E-state index < -0.39 is 0 Å². The highest BCUT2D eigenvalue weighted by atomic mass is 32.2. The summed E-state index contributed by atoms with van der Waals surface area (Å²) in [5.74, 6) is 2.70. The number of hydrogen-bond donors (Lipinski definition) is 1. The molecule has 1 heterocycles. The third kappa shape index (κ3) is 3.99. The number of anilines is 1. The SMILES string of the molecule is Cc1cc(N)ccc1SCc1nc(CC(C)C)no1. The van der Waals surface area contributed by atoms with Crippen molar-refractivity contribution < 1.29 is 4.52 Å². The van der Waals surface area contributed by atoms with E-state index in [4.69, 9.17) is 10.3 Å². The quantitative estimate of drug-likeness (QED) is 0.670. The van der Waals surface area contributed by atoms with Crippen molar-refractivity contribution in [3.8, 4) is 0 Å². The molecule has 0 bridgehead atoms. The largest absolute Gasteiger partial charge is 0.399 e. The number of aromatic nitrogens is 2. The second-order valence-electron chi connectivity index (χ2n) is 5.02. The predicted octanol–water partition coefficient (Wildman–Crippen LogP) is 3.45. The van der Waals surface area contributed by atoms with E-state index in [2.05, 4.69) is 30.9 Å². The van der Waals surface area contributed by atoms with Gasteiger partial charge in [-0.3, -0.25) is 0 Å². The van der Waals surface area contributed by atoms with Gasteiger partial charge in [0, 0.05) is 17.0 Å². The van der Waals surface area contributed by atoms with E-state index >= 15 is 0 Å². The molecule has 2 aromatic rings. The van der Waals surface area contributed by atoms with E-state index in [-0.39, 0.29) is 0 Å². The lowest BCUT2D eigenvalue weighted by Crippen LogP contribution is -1.96. The maximum absolute atomic E-state index is 5.73. The molecule has 0 aliphatic rings. The first kappa shape index (κ1) is 13.9. The number of hydrogen-bond acceptors (Lipinski definition) is 5. The lowest BCUT2D eigenvalue weighted by atomic mass is 10.1. The van der Waals surface area contributed by atoms with Crippen LogP contribution in [0, 0.1) is 12.8 Å². The van der Waals surface area contributed by atoms with E-state index in [1.807, 2.05) is 18.2 Å². The van der Waals surface area contributed by atoms with Crippen LogP contribution >= 0.6 is 11.8 Å². The summed E-state index contributed by atoms with van der Waals surface area (Å²) in [4.78, 5) is 5.58. The lowest BCUT2D eigenvalue weighted by molar-refractivity contribution is 0.382. The van der Waals surface area contributed by atoms with Crippen LogP contribution in [0.4, 0.5) is 5.69 Å². The molecule has 0 atom stereocenters. The highest BCUT2D eigenvalue weighted by Gasteiger charge is 2.09. The predicted molar refractivity (Wildman–Crippen MR) is 78.0 cm³/mol. The molecule has 1 aromatic heterocycles. The van der Waals surface area contributed by atoms with Crippen LogP contribution in [0.15, 0.2) is 27.6 Å². The molecular weight excluding hydrogens is 258 g/mol. The third-order valence-electron chi connectivity index (χ3n) is 2.65. The fourth-order valence-electron chi connectivity index (χ4n) is 1.77. The smallest absolute Gasteiger partial charge is 0.237 e. The maximum Gasteiger partial charge on any atom is 0.237 e. The second kappa shape index (κ2) is 6.10. The minimum absolute atomic E-state index is 0.539. The van der Waals surface area contributed by atoms with Crippen molar-refractivity contribution >= 4 is 17.4 Å². The van der Waals surface area contributed by atoms with Gasteiger partial charge in [0.15, 0.2) is 5.82 Å². The molecule has 2 N–H and O–H groups in total. The van der Waals surface area contributed by atoms with Gasteiger partial charge in [0.05, 0.1) is 5.75 Å². The van der Waals surface area contributed by atoms with Crippen LogP contribution in [-0.4, -0.2) is 10.1 Å². The van der Waals surface area contributed by atoms with Gasteiger partial charge < -0.3 is 10.3 Å². The highest BCUT2D eigenvalue weighted by Crippen LogP contribution is 2.26. The van der Waals surface area contributed by atoms with Crippen LogP contribution < -0.4 is 5.73 Å². The van der Waals surface area contributed by atoms with Gasteiger partial charge in [-0.05, 0) is 36.6 Å². The average molecular weight is 277 g/mol. The normalized spacial score (nSPS) is 11.2. The second-order valence-corrected chi connectivity index (χ2v) is 6.03. The van der Waals surface area contributed by atoms with Crippen molar-refractivity contribution in [2.75, 3.05) is 5.73 Å². The minimum Gasteiger partial charge on any atom is -0.399 e. The number of thioether (sulfide) groups is 1. The Bertz CT molecular complexity index is 551. The van der Waals surface area contributed by atoms with Crippen LogP contribution in [0.2, 0.25) is 0 Å². The summed E-state index contributed by atoms with van der Waals surface area (Å²) in [6, 6.07) is 5.91. The Hall–Kier alpha value is -1.49. The molecule has 0 aliphatic heterocycles. The topological polar surface area (TPSA) is 64.9 Å². The molecule has 19 heavy (non-hydrogen) atoms. The molecule has 2 rings (SSSR count). The third-order valence-corrected chi connectivity index (χ3v) is 3.81. The summed E-state index contributed by atoms with van der Waals surface area (Å²) >= 11 is 1.69. The first-order valence-corrected chi connectivity index (χ1v) is 7.33. The number of benzene rings is 1. The van der Waals surface area contributed by atoms with Gasteiger partial charge in [0.2, 0.25) is 5.89 Å². The van der Waals surface area contributed by atoms with Gasteiger partial charge in [-0.1, -0.05) is 19.0 Å². The number of aryl methyl sites for hydroxylation is 1. The Kier molecular flexibility index (Phi) is 4.47. The van der Waals surface area contributed by atoms with Crippen LogP contribution in [-0.2, 0) is 12.2 Å². The maximum atomic E-state index is 5.73. The zero-order valence-electron chi connectivity index (χ0n) is 11.5. The molecule has 1 aromatic carbocycles. The molecule has 0 spiro atoms. The van der Waals surface area contributed by atoms with Crippen LogP contribution in [0.5, 0.6) is 0 Å². The highest BCUT2D eigenvalue weighted by molar-refractivity contribution is 7.98. The van der Waals surface area contributed by atoms with E-state index in [0.29, 0.717) is 17.6 Å². The Balaban J connectivity index is 1.96. The van der Waals surface area contributed by atoms with E-state index in [1.165, 1.54) is 10.5 Å². The van der Waals surface area contributed by atoms with Gasteiger partial charge >= 0.3 is 0 Å². The van der Waals surface area contributed by atoms with Crippen molar-refractivity contribution in [3.05, 3.63) is 35.5 Å². The number of nitrogens with two attached hydrogens (primary N) is 1. The van der Waals surface area contributed by atoms with Crippen molar-refractivity contribution in [2.45, 2.75) is 37.8 Å². The van der Waals surface area contributed by atoms with Crippen molar-refractivity contribution in [2.24, 2.45) is 5.92 Å². The molecule has 0 unspecified atom stereocenters. The number of rotatable bonds is 5. The van der Waals surface area contributed by atoms with Gasteiger partial charge in [-0.2, -0.15) is 4.98 Å². The molecule has 0 aliphatic carbocycles. The summed E-state index contributed by atoms with van der Waals surface area (Å²) in [5.41, 5.74) is 7.70. The fraction of sp³-hybridized carbons (Fsp3) is 0.429. The minimum atomic E-state index is 0.539. The summed E-state index contributed by atoms with van der Waals surface area (Å²) in [5, 5.41) is 3.99. The van der Waals surface area contributed by atoms with Crippen molar-refractivity contribution in [1.82, 2.24) is 10.1 Å². The molecule has 0 amide bonds. The van der Waals surface area contributed by atoms with Crippen molar-refractivity contribution in [3.63, 3.8) is 0 Å². The molecular formula is C14H19N3OS. The lowest BCUT2D eigenvalue weighted by Gasteiger charge is -2.04. The van der Waals surface area contributed by atoms with Gasteiger partial charge in [0.1, 0.15) is 0 Å². The number of nitrogens with zero attached hydrogens (tertiary/aromatic N) is 2. The standard InChI is InChI=1S/C14H19N3OS/c1-9(2)6-13-16-14(18-17-13)8-19-12-5-4-11(15)7-10(12)3/h4-5,7,9H,6,8,15H2,1-3H3. The average Bonchev–Trinajstić information content (AvgIpc) is 2.74. The first-order chi connectivity index (χ1) is 9.04. The van der Waals surface area contributed by atoms with E-state index in [0.717, 1.165) is 17.9 Å². The molecule has 0 fully saturated rings. The molecule has 4 nitrogen and oxygen atoms in total. The van der Waals surface area contributed by atoms with Gasteiger partial charge in [-0.15, -0.1) is 11.8 Å². The monoisotopic (exact) mass is 277 g/mol. The molecule has 5 heteroatoms. The summed E-state index contributed by atoms with van der Waals surface area (Å²) in [7, 11) is 0. The van der Waals surface area contributed by atoms with E-state index in [9.17, 15) is 0 Å². The summed E-state index contributed by atoms with van der Waals surface area (Å²) in [6.45, 7) is 6.34. The van der Waals surface area contributed by atoms with Crippen LogP contribution in [0.25, 0.3) is 0 Å². The Morgan fingerprint density at radius 2 is 2.16 bits per heavy atom. The number of nitrogen functional groups attached to an aromatic ring is 1. The molecule has 102 valence electrons. The zero-order chi connectivity index (χ0) is 13.8. The summed E-state index contributed by atoms with van der Waals surface area (Å²) < 4.78 is 5.24. The Morgan fingerprint density at radius 3 is 2.84 bits per heavy atom. The van der Waals surface area contributed by atoms with Gasteiger partial charge in [0.25, 0.3) is 0 Å². The molecule has 0 saturated carbocycles. The molecule has 0 saturated heterocycles. The first-order valence-electron chi connectivity index (χ1n) is 6.35. The summed E-state index contributed by atoms with van der Waals surface area (Å²) in [6.07, 6.45) is 0.856.